The summed E-state index contributed by atoms with van der Waals surface area (Å²) in [6, 6.07) is 13.5. The molecule has 39 heavy (non-hydrogen) atoms. The second-order valence-electron chi connectivity index (χ2n) is 10.5. The number of hydrogen-bond acceptors (Lipinski definition) is 7. The molecule has 2 atom stereocenters. The van der Waals surface area contributed by atoms with Crippen LogP contribution in [0.5, 0.6) is 17.2 Å². The third-order valence-electron chi connectivity index (χ3n) is 8.21. The number of carbonyl (C=O) groups excluding carboxylic acids is 2. The molecule has 2 aliphatic carbocycles. The summed E-state index contributed by atoms with van der Waals surface area (Å²) in [5.41, 5.74) is 4.41. The Hall–Kier alpha value is -3.74. The number of rotatable bonds is 7. The molecule has 7 nitrogen and oxygen atoms in total. The fourth-order valence-corrected chi connectivity index (χ4v) is 6.27. The lowest BCUT2D eigenvalue weighted by Gasteiger charge is -2.37. The van der Waals surface area contributed by atoms with E-state index in [1.54, 1.807) is 21.3 Å². The van der Waals surface area contributed by atoms with E-state index in [0.717, 1.165) is 48.3 Å². The lowest BCUT2D eigenvalue weighted by atomic mass is 9.71. The highest BCUT2D eigenvalue weighted by Crippen LogP contribution is 2.49. The molecule has 1 fully saturated rings. The number of Topliss-reactive ketones (excluding diaryl/α,β-unsaturated/α-hetero) is 1. The monoisotopic (exact) mass is 531 g/mol. The largest absolute Gasteiger partial charge is 0.497 e. The molecule has 0 aromatic heterocycles. The molecule has 206 valence electrons. The number of allylic oxidation sites excluding steroid dienone is 3. The maximum absolute atomic E-state index is 14.0. The van der Waals surface area contributed by atoms with Crippen molar-refractivity contribution in [1.29, 1.82) is 0 Å². The van der Waals surface area contributed by atoms with Gasteiger partial charge in [-0.15, -0.1) is 0 Å². The van der Waals surface area contributed by atoms with Gasteiger partial charge in [0.2, 0.25) is 0 Å². The number of carbonyl (C=O) groups is 2. The first-order valence-electron chi connectivity index (χ1n) is 13.7. The summed E-state index contributed by atoms with van der Waals surface area (Å²) in [4.78, 5) is 27.8. The van der Waals surface area contributed by atoms with Crippen LogP contribution in [0.25, 0.3) is 0 Å². The van der Waals surface area contributed by atoms with Crippen molar-refractivity contribution in [1.82, 2.24) is 5.32 Å². The van der Waals surface area contributed by atoms with Crippen LogP contribution in [-0.4, -0.2) is 39.2 Å². The molecule has 2 aromatic rings. The van der Waals surface area contributed by atoms with E-state index < -0.39 is 5.92 Å². The van der Waals surface area contributed by atoms with Crippen molar-refractivity contribution in [2.75, 3.05) is 21.3 Å². The second kappa shape index (κ2) is 11.6. The Balaban J connectivity index is 1.57. The summed E-state index contributed by atoms with van der Waals surface area (Å²) >= 11 is 0. The van der Waals surface area contributed by atoms with Crippen molar-refractivity contribution in [2.45, 2.75) is 69.8 Å². The number of ketones is 1. The fourth-order valence-electron chi connectivity index (χ4n) is 6.27. The summed E-state index contributed by atoms with van der Waals surface area (Å²) in [7, 11) is 4.80. The molecule has 0 spiro atoms. The van der Waals surface area contributed by atoms with Crippen LogP contribution in [0.3, 0.4) is 0 Å². The van der Waals surface area contributed by atoms with Gasteiger partial charge in [0, 0.05) is 29.0 Å². The molecule has 1 N–H and O–H groups in total. The molecule has 0 radical (unpaired) electrons. The van der Waals surface area contributed by atoms with Gasteiger partial charge in [-0.3, -0.25) is 4.79 Å². The quantitative estimate of drug-likeness (QED) is 0.442. The predicted octanol–water partition coefficient (Wildman–Crippen LogP) is 5.95. The lowest BCUT2D eigenvalue weighted by Crippen LogP contribution is -2.37. The topological polar surface area (TPSA) is 83.1 Å². The second-order valence-corrected chi connectivity index (χ2v) is 10.5. The van der Waals surface area contributed by atoms with Crippen molar-refractivity contribution in [3.63, 3.8) is 0 Å². The maximum Gasteiger partial charge on any atom is 0.337 e. The minimum atomic E-state index is -0.619. The molecule has 0 amide bonds. The Morgan fingerprint density at radius 1 is 0.897 bits per heavy atom. The SMILES string of the molecule is COc1ccc([C@H]2CC(=O)C3=C(C2)NC(C)=C(C(=O)OC2CCCCC2)[C@H]3c2cccc(OC)c2OC)cc1. The van der Waals surface area contributed by atoms with Gasteiger partial charge in [-0.2, -0.15) is 0 Å². The highest BCUT2D eigenvalue weighted by Gasteiger charge is 2.43. The van der Waals surface area contributed by atoms with E-state index in [-0.39, 0.29) is 23.8 Å². The van der Waals surface area contributed by atoms with E-state index >= 15 is 0 Å². The Kier molecular flexibility index (Phi) is 7.96. The molecule has 0 bridgehead atoms. The smallest absolute Gasteiger partial charge is 0.337 e. The molecule has 3 aliphatic rings. The summed E-state index contributed by atoms with van der Waals surface area (Å²) in [6.07, 6.45) is 5.92. The molecule has 1 saturated carbocycles. The van der Waals surface area contributed by atoms with Gasteiger partial charge in [-0.25, -0.2) is 4.79 Å². The lowest BCUT2D eigenvalue weighted by molar-refractivity contribution is -0.146. The molecule has 7 heteroatoms. The van der Waals surface area contributed by atoms with E-state index in [1.807, 2.05) is 49.4 Å². The van der Waals surface area contributed by atoms with Gasteiger partial charge < -0.3 is 24.3 Å². The summed E-state index contributed by atoms with van der Waals surface area (Å²) < 4.78 is 22.7. The molecule has 1 aliphatic heterocycles. The van der Waals surface area contributed by atoms with E-state index in [2.05, 4.69) is 5.32 Å². The first-order chi connectivity index (χ1) is 18.9. The van der Waals surface area contributed by atoms with E-state index in [0.29, 0.717) is 41.2 Å². The van der Waals surface area contributed by atoms with Crippen molar-refractivity contribution in [3.05, 3.63) is 76.1 Å². The molecular weight excluding hydrogens is 494 g/mol. The first kappa shape index (κ1) is 26.9. The van der Waals surface area contributed by atoms with Gasteiger partial charge in [0.15, 0.2) is 17.3 Å². The van der Waals surface area contributed by atoms with Crippen molar-refractivity contribution >= 4 is 11.8 Å². The predicted molar refractivity (Wildman–Crippen MR) is 148 cm³/mol. The fraction of sp³-hybridized carbons (Fsp3) is 0.438. The zero-order valence-electron chi connectivity index (χ0n) is 23.2. The van der Waals surface area contributed by atoms with Crippen LogP contribution in [0.15, 0.2) is 65.0 Å². The van der Waals surface area contributed by atoms with Crippen molar-refractivity contribution in [3.8, 4) is 17.2 Å². The summed E-state index contributed by atoms with van der Waals surface area (Å²) in [5, 5.41) is 3.45. The highest BCUT2D eigenvalue weighted by atomic mass is 16.5. The first-order valence-corrected chi connectivity index (χ1v) is 13.7. The number of para-hydroxylation sites is 1. The number of ether oxygens (including phenoxy) is 4. The molecule has 0 saturated heterocycles. The van der Waals surface area contributed by atoms with Crippen LogP contribution in [0.1, 0.15) is 74.8 Å². The molecule has 2 aromatic carbocycles. The Bertz CT molecular complexity index is 1300. The number of methoxy groups -OCH3 is 3. The number of dihydropyridines is 1. The van der Waals surface area contributed by atoms with Crippen LogP contribution in [0.2, 0.25) is 0 Å². The summed E-state index contributed by atoms with van der Waals surface area (Å²) in [5.74, 6) is 0.875. The van der Waals surface area contributed by atoms with Crippen LogP contribution in [0, 0.1) is 0 Å². The zero-order valence-corrected chi connectivity index (χ0v) is 23.2. The highest BCUT2D eigenvalue weighted by molar-refractivity contribution is 6.04. The third-order valence-corrected chi connectivity index (χ3v) is 8.21. The van der Waals surface area contributed by atoms with Gasteiger partial charge in [-0.1, -0.05) is 30.7 Å². The number of esters is 1. The average molecular weight is 532 g/mol. The van der Waals surface area contributed by atoms with Gasteiger partial charge in [0.1, 0.15) is 11.9 Å². The van der Waals surface area contributed by atoms with Crippen molar-refractivity contribution in [2.24, 2.45) is 0 Å². The van der Waals surface area contributed by atoms with Crippen LogP contribution < -0.4 is 19.5 Å². The molecular formula is C32H37NO6. The van der Waals surface area contributed by atoms with Gasteiger partial charge >= 0.3 is 5.97 Å². The molecule has 1 heterocycles. The Morgan fingerprint density at radius 2 is 1.64 bits per heavy atom. The van der Waals surface area contributed by atoms with Crippen molar-refractivity contribution < 1.29 is 28.5 Å². The zero-order chi connectivity index (χ0) is 27.5. The summed E-state index contributed by atoms with van der Waals surface area (Å²) in [6.45, 7) is 1.89. The minimum Gasteiger partial charge on any atom is -0.497 e. The van der Waals surface area contributed by atoms with Gasteiger partial charge in [0.25, 0.3) is 0 Å². The number of hydrogen-bond donors (Lipinski definition) is 1. The van der Waals surface area contributed by atoms with Crippen LogP contribution >= 0.6 is 0 Å². The van der Waals surface area contributed by atoms with Crippen LogP contribution in [0.4, 0.5) is 0 Å². The Morgan fingerprint density at radius 3 is 2.31 bits per heavy atom. The maximum atomic E-state index is 14.0. The number of nitrogens with one attached hydrogen (secondary N) is 1. The van der Waals surface area contributed by atoms with Gasteiger partial charge in [-0.05, 0) is 68.7 Å². The average Bonchev–Trinajstić information content (AvgIpc) is 2.96. The molecule has 0 unspecified atom stereocenters. The van der Waals surface area contributed by atoms with Crippen LogP contribution in [-0.2, 0) is 14.3 Å². The normalized spacial score (nSPS) is 21.7. The Labute approximate surface area is 230 Å². The van der Waals surface area contributed by atoms with E-state index in [1.165, 1.54) is 6.42 Å². The van der Waals surface area contributed by atoms with E-state index in [9.17, 15) is 9.59 Å². The van der Waals surface area contributed by atoms with E-state index in [4.69, 9.17) is 18.9 Å². The standard InChI is InChI=1S/C32H37NO6/c1-19-28(32(35)39-23-9-6-5-7-10-23)29(24-11-8-12-27(37-3)31(24)38-4)30-25(33-19)17-21(18-26(30)34)20-13-15-22(36-2)16-14-20/h8,11-16,21,23,29,33H,5-7,9-10,17-18H2,1-4H3/t21-,29-/m1/s1. The van der Waals surface area contributed by atoms with Gasteiger partial charge in [0.05, 0.1) is 32.8 Å². The molecule has 5 rings (SSSR count). The minimum absolute atomic E-state index is 0.00917. The number of benzene rings is 2. The third kappa shape index (κ3) is 5.27.